The van der Waals surface area contributed by atoms with Crippen LogP contribution < -0.4 is 10.1 Å². The number of benzene rings is 2. The lowest BCUT2D eigenvalue weighted by molar-refractivity contribution is -0.124. The van der Waals surface area contributed by atoms with Gasteiger partial charge in [0.05, 0.1) is 24.3 Å². The minimum absolute atomic E-state index is 0.0000648. The first-order valence-corrected chi connectivity index (χ1v) is 13.6. The van der Waals surface area contributed by atoms with E-state index in [2.05, 4.69) is 15.5 Å². The van der Waals surface area contributed by atoms with Crippen molar-refractivity contribution in [3.8, 4) is 22.8 Å². The van der Waals surface area contributed by atoms with Gasteiger partial charge in [-0.25, -0.2) is 0 Å². The van der Waals surface area contributed by atoms with Gasteiger partial charge in [0.25, 0.3) is 5.91 Å². The van der Waals surface area contributed by atoms with Crippen LogP contribution in [0, 0.1) is 5.41 Å². The van der Waals surface area contributed by atoms with Gasteiger partial charge in [0.1, 0.15) is 17.0 Å². The minimum Gasteiger partial charge on any atom is -0.457 e. The molecule has 1 fully saturated rings. The minimum atomic E-state index is -0.856. The molecule has 2 aromatic carbocycles. The zero-order chi connectivity index (χ0) is 27.0. The third-order valence-corrected chi connectivity index (χ3v) is 7.88. The maximum Gasteiger partial charge on any atom is 0.254 e. The van der Waals surface area contributed by atoms with E-state index < -0.39 is 5.41 Å². The number of aromatic nitrogens is 3. The third-order valence-electron chi connectivity index (χ3n) is 7.27. The Morgan fingerprint density at radius 2 is 1.79 bits per heavy atom. The molecule has 4 heterocycles. The van der Waals surface area contributed by atoms with Crippen LogP contribution in [0.25, 0.3) is 11.3 Å². The van der Waals surface area contributed by atoms with Crippen molar-refractivity contribution >= 4 is 28.3 Å². The second-order valence-corrected chi connectivity index (χ2v) is 10.9. The van der Waals surface area contributed by atoms with Crippen molar-refractivity contribution in [1.29, 1.82) is 0 Å². The maximum absolute atomic E-state index is 13.5. The smallest absolute Gasteiger partial charge is 0.254 e. The molecule has 2 aliphatic rings. The normalized spacial score (nSPS) is 16.6. The summed E-state index contributed by atoms with van der Waals surface area (Å²) in [5.41, 5.74) is 4.68. The monoisotopic (exact) mass is 541 g/mol. The van der Waals surface area contributed by atoms with Crippen LogP contribution in [0.3, 0.4) is 0 Å². The summed E-state index contributed by atoms with van der Waals surface area (Å²) in [5.74, 6) is 0.876. The van der Waals surface area contributed by atoms with Crippen LogP contribution in [0.1, 0.15) is 41.3 Å². The van der Waals surface area contributed by atoms with Crippen molar-refractivity contribution in [2.24, 2.45) is 5.41 Å². The summed E-state index contributed by atoms with van der Waals surface area (Å²) in [6.45, 7) is 6.15. The molecule has 198 valence electrons. The predicted molar refractivity (Wildman–Crippen MR) is 147 cm³/mol. The molecule has 1 N–H and O–H groups in total. The lowest BCUT2D eigenvalue weighted by Gasteiger charge is -2.37. The molecule has 0 spiro atoms. The van der Waals surface area contributed by atoms with Gasteiger partial charge >= 0.3 is 0 Å². The largest absolute Gasteiger partial charge is 0.457 e. The summed E-state index contributed by atoms with van der Waals surface area (Å²) in [6, 6.07) is 17.1. The van der Waals surface area contributed by atoms with Crippen molar-refractivity contribution < 1.29 is 19.1 Å². The highest BCUT2D eigenvalue weighted by Crippen LogP contribution is 2.52. The molecule has 9 nitrogen and oxygen atoms in total. The van der Waals surface area contributed by atoms with E-state index in [1.165, 1.54) is 11.3 Å². The summed E-state index contributed by atoms with van der Waals surface area (Å²) < 4.78 is 11.7. The van der Waals surface area contributed by atoms with Gasteiger partial charge in [-0.3, -0.25) is 14.6 Å². The fourth-order valence-electron chi connectivity index (χ4n) is 5.14. The lowest BCUT2D eigenvalue weighted by Crippen LogP contribution is -2.40. The standard InChI is InChI=1S/C29H27N5O4S/c1-29(2,27(36)32-28-33-31-17-39-28)25-20-5-3-4-6-23(20)38-24-15-22(30-16-21(24)25)18-7-9-19(10-8-18)26(35)34-11-13-37-14-12-34/h3-10,15-17,25H,11-14H2,1-2H3,(H,32,33,36). The van der Waals surface area contributed by atoms with E-state index in [0.29, 0.717) is 54.2 Å². The van der Waals surface area contributed by atoms with E-state index in [9.17, 15) is 9.59 Å². The molecule has 39 heavy (non-hydrogen) atoms. The van der Waals surface area contributed by atoms with Crippen LogP contribution in [0.5, 0.6) is 11.5 Å². The number of hydrogen-bond donors (Lipinski definition) is 1. The summed E-state index contributed by atoms with van der Waals surface area (Å²) in [6.07, 6.45) is 1.79. The Bertz CT molecular complexity index is 1520. The average molecular weight is 542 g/mol. The number of ether oxygens (including phenoxy) is 2. The molecule has 0 saturated carbocycles. The Morgan fingerprint density at radius 1 is 1.03 bits per heavy atom. The molecular weight excluding hydrogens is 514 g/mol. The van der Waals surface area contributed by atoms with Crippen LogP contribution in [0.15, 0.2) is 66.3 Å². The second-order valence-electron chi connectivity index (χ2n) is 10.1. The Balaban J connectivity index is 1.31. The molecule has 10 heteroatoms. The first-order chi connectivity index (χ1) is 18.9. The van der Waals surface area contributed by atoms with E-state index in [1.54, 1.807) is 11.7 Å². The van der Waals surface area contributed by atoms with Crippen LogP contribution >= 0.6 is 11.3 Å². The quantitative estimate of drug-likeness (QED) is 0.380. The van der Waals surface area contributed by atoms with Crippen LogP contribution in [-0.2, 0) is 9.53 Å². The first kappa shape index (κ1) is 25.1. The Morgan fingerprint density at radius 3 is 2.54 bits per heavy atom. The number of nitrogens with one attached hydrogen (secondary N) is 1. The molecule has 6 rings (SSSR count). The molecule has 2 amide bonds. The maximum atomic E-state index is 13.5. The van der Waals surface area contributed by atoms with Crippen LogP contribution in [0.4, 0.5) is 5.13 Å². The van der Waals surface area contributed by atoms with Gasteiger partial charge in [0.2, 0.25) is 11.0 Å². The fraction of sp³-hybridized carbons (Fsp3) is 0.276. The number of rotatable bonds is 5. The van der Waals surface area contributed by atoms with Gasteiger partial charge in [-0.15, -0.1) is 10.2 Å². The SMILES string of the molecule is CC(C)(C(=O)Nc1nncs1)C1c2ccccc2Oc2cc(-c3ccc(C(=O)N4CCOCC4)cc3)ncc21. The molecule has 2 aliphatic heterocycles. The number of carbonyl (C=O) groups is 2. The zero-order valence-corrected chi connectivity index (χ0v) is 22.4. The molecule has 0 aliphatic carbocycles. The molecule has 0 radical (unpaired) electrons. The number of anilines is 1. The van der Waals surface area contributed by atoms with Crippen molar-refractivity contribution in [3.63, 3.8) is 0 Å². The van der Waals surface area contributed by atoms with E-state index in [0.717, 1.165) is 16.7 Å². The van der Waals surface area contributed by atoms with Gasteiger partial charge in [0.15, 0.2) is 0 Å². The fourth-order valence-corrected chi connectivity index (χ4v) is 5.58. The van der Waals surface area contributed by atoms with Crippen LogP contribution in [-0.4, -0.2) is 58.2 Å². The molecule has 1 unspecified atom stereocenters. The number of carbonyl (C=O) groups excluding carboxylic acids is 2. The van der Waals surface area contributed by atoms with Crippen molar-refractivity contribution in [2.75, 3.05) is 31.6 Å². The highest BCUT2D eigenvalue weighted by atomic mass is 32.1. The number of nitrogens with zero attached hydrogens (tertiary/aromatic N) is 4. The van der Waals surface area contributed by atoms with Crippen molar-refractivity contribution in [2.45, 2.75) is 19.8 Å². The summed E-state index contributed by atoms with van der Waals surface area (Å²) in [7, 11) is 0. The third kappa shape index (κ3) is 4.77. The average Bonchev–Trinajstić information content (AvgIpc) is 3.48. The highest BCUT2D eigenvalue weighted by Gasteiger charge is 2.44. The summed E-state index contributed by atoms with van der Waals surface area (Å²) in [5, 5.41) is 11.1. The van der Waals surface area contributed by atoms with Gasteiger partial charge in [-0.1, -0.05) is 55.5 Å². The van der Waals surface area contributed by atoms with E-state index in [4.69, 9.17) is 14.5 Å². The van der Waals surface area contributed by atoms with E-state index in [1.807, 2.05) is 73.3 Å². The number of pyridine rings is 1. The molecule has 1 atom stereocenters. The summed E-state index contributed by atoms with van der Waals surface area (Å²) >= 11 is 1.27. The molecule has 0 bridgehead atoms. The van der Waals surface area contributed by atoms with Gasteiger partial charge in [-0.2, -0.15) is 0 Å². The van der Waals surface area contributed by atoms with E-state index >= 15 is 0 Å². The number of fused-ring (bicyclic) bond motifs is 2. The topological polar surface area (TPSA) is 107 Å². The first-order valence-electron chi connectivity index (χ1n) is 12.7. The second kappa shape index (κ2) is 10.2. The van der Waals surface area contributed by atoms with Crippen LogP contribution in [0.2, 0.25) is 0 Å². The molecule has 4 aromatic rings. The Kier molecular flexibility index (Phi) is 6.58. The highest BCUT2D eigenvalue weighted by molar-refractivity contribution is 7.13. The zero-order valence-electron chi connectivity index (χ0n) is 21.6. The Labute approximate surface area is 229 Å². The number of para-hydroxylation sites is 1. The van der Waals surface area contributed by atoms with E-state index in [-0.39, 0.29) is 17.7 Å². The van der Waals surface area contributed by atoms with Crippen molar-refractivity contribution in [1.82, 2.24) is 20.1 Å². The van der Waals surface area contributed by atoms with Gasteiger partial charge in [-0.05, 0) is 18.2 Å². The summed E-state index contributed by atoms with van der Waals surface area (Å²) in [4.78, 5) is 32.9. The van der Waals surface area contributed by atoms with Gasteiger partial charge in [0, 0.05) is 53.5 Å². The number of amides is 2. The lowest BCUT2D eigenvalue weighted by atomic mass is 9.69. The number of hydrogen-bond acceptors (Lipinski definition) is 8. The van der Waals surface area contributed by atoms with Crippen molar-refractivity contribution in [3.05, 3.63) is 83.0 Å². The molecule has 1 saturated heterocycles. The Hall–Kier alpha value is -4.15. The number of morpholine rings is 1. The molecular formula is C29H27N5O4S. The van der Waals surface area contributed by atoms with Gasteiger partial charge < -0.3 is 19.7 Å². The molecule has 2 aromatic heterocycles. The predicted octanol–water partition coefficient (Wildman–Crippen LogP) is 4.98.